The van der Waals surface area contributed by atoms with Crippen LogP contribution in [0.25, 0.3) is 10.9 Å². The van der Waals surface area contributed by atoms with E-state index in [9.17, 15) is 9.90 Å². The van der Waals surface area contributed by atoms with Gasteiger partial charge in [0, 0.05) is 36.8 Å². The molecule has 0 unspecified atom stereocenters. The smallest absolute Gasteiger partial charge is 0.407 e. The number of aryl methyl sites for hydroxylation is 1. The number of carboxylic acid groups (broad SMARTS) is 1. The SMILES string of the molecule is CCCCc1cc(OC2CCN(CCCN(C(=O)O)C(C)(C)C)CC2)c2ncccc2c1. The summed E-state index contributed by atoms with van der Waals surface area (Å²) >= 11 is 0. The van der Waals surface area contributed by atoms with E-state index in [2.05, 4.69) is 35.0 Å². The van der Waals surface area contributed by atoms with E-state index in [0.29, 0.717) is 6.54 Å². The fraction of sp³-hybridized carbons (Fsp3) is 0.615. The van der Waals surface area contributed by atoms with Crippen molar-refractivity contribution < 1.29 is 14.6 Å². The summed E-state index contributed by atoms with van der Waals surface area (Å²) in [4.78, 5) is 20.1. The van der Waals surface area contributed by atoms with E-state index in [1.165, 1.54) is 23.3 Å². The zero-order chi connectivity index (χ0) is 23.1. The first-order chi connectivity index (χ1) is 15.3. The molecule has 2 aromatic rings. The van der Waals surface area contributed by atoms with Crippen LogP contribution in [0, 0.1) is 0 Å². The molecule has 1 aliphatic heterocycles. The third-order valence-electron chi connectivity index (χ3n) is 6.27. The number of pyridine rings is 1. The Morgan fingerprint density at radius 3 is 2.66 bits per heavy atom. The lowest BCUT2D eigenvalue weighted by atomic mass is 10.0. The number of hydrogen-bond acceptors (Lipinski definition) is 4. The second-order valence-corrected chi connectivity index (χ2v) is 9.89. The van der Waals surface area contributed by atoms with Crippen molar-refractivity contribution >= 4 is 17.0 Å². The van der Waals surface area contributed by atoms with Gasteiger partial charge in [-0.1, -0.05) is 19.4 Å². The molecule has 1 amide bonds. The molecular weight excluding hydrogens is 402 g/mol. The number of piperidine rings is 1. The van der Waals surface area contributed by atoms with Crippen LogP contribution < -0.4 is 4.74 Å². The number of aromatic nitrogens is 1. The van der Waals surface area contributed by atoms with Crippen molar-refractivity contribution in [3.63, 3.8) is 0 Å². The molecule has 0 saturated carbocycles. The van der Waals surface area contributed by atoms with E-state index in [1.807, 2.05) is 33.0 Å². The van der Waals surface area contributed by atoms with Crippen LogP contribution in [0.2, 0.25) is 0 Å². The van der Waals surface area contributed by atoms with Crippen LogP contribution in [0.3, 0.4) is 0 Å². The lowest BCUT2D eigenvalue weighted by Gasteiger charge is -2.35. The molecule has 1 aromatic carbocycles. The summed E-state index contributed by atoms with van der Waals surface area (Å²) < 4.78 is 6.48. The third kappa shape index (κ3) is 6.58. The number of carbonyl (C=O) groups is 1. The quantitative estimate of drug-likeness (QED) is 0.549. The van der Waals surface area contributed by atoms with Gasteiger partial charge in [0.25, 0.3) is 0 Å². The Labute approximate surface area is 192 Å². The van der Waals surface area contributed by atoms with Gasteiger partial charge in [-0.15, -0.1) is 0 Å². The Morgan fingerprint density at radius 2 is 2.00 bits per heavy atom. The number of likely N-dealkylation sites (tertiary alicyclic amines) is 1. The summed E-state index contributed by atoms with van der Waals surface area (Å²) in [5.74, 6) is 0.912. The molecule has 6 nitrogen and oxygen atoms in total. The van der Waals surface area contributed by atoms with Crippen molar-refractivity contribution in [3.05, 3.63) is 36.0 Å². The Morgan fingerprint density at radius 1 is 1.25 bits per heavy atom. The highest BCUT2D eigenvalue weighted by atomic mass is 16.5. The summed E-state index contributed by atoms with van der Waals surface area (Å²) in [5.41, 5.74) is 1.91. The maximum atomic E-state index is 11.5. The molecule has 1 fully saturated rings. The van der Waals surface area contributed by atoms with E-state index < -0.39 is 6.09 Å². The van der Waals surface area contributed by atoms with Gasteiger partial charge < -0.3 is 19.6 Å². The van der Waals surface area contributed by atoms with Crippen molar-refractivity contribution in [2.24, 2.45) is 0 Å². The number of rotatable bonds is 9. The van der Waals surface area contributed by atoms with Crippen LogP contribution in [0.5, 0.6) is 5.75 Å². The number of unbranched alkanes of at least 4 members (excludes halogenated alkanes) is 1. The first-order valence-corrected chi connectivity index (χ1v) is 12.0. The largest absolute Gasteiger partial charge is 0.488 e. The van der Waals surface area contributed by atoms with Gasteiger partial charge in [-0.25, -0.2) is 4.79 Å². The highest BCUT2D eigenvalue weighted by Crippen LogP contribution is 2.29. The molecule has 0 radical (unpaired) electrons. The van der Waals surface area contributed by atoms with Crippen molar-refractivity contribution in [3.8, 4) is 5.75 Å². The molecule has 1 saturated heterocycles. The first-order valence-electron chi connectivity index (χ1n) is 12.0. The molecule has 32 heavy (non-hydrogen) atoms. The van der Waals surface area contributed by atoms with Crippen molar-refractivity contribution in [1.29, 1.82) is 0 Å². The van der Waals surface area contributed by atoms with Crippen LogP contribution >= 0.6 is 0 Å². The fourth-order valence-electron chi connectivity index (χ4n) is 4.43. The Kier molecular flexibility index (Phi) is 8.35. The number of hydrogen-bond donors (Lipinski definition) is 1. The van der Waals surface area contributed by atoms with Crippen LogP contribution in [0.1, 0.15) is 65.4 Å². The van der Waals surface area contributed by atoms with E-state index in [-0.39, 0.29) is 11.6 Å². The second-order valence-electron chi connectivity index (χ2n) is 9.89. The van der Waals surface area contributed by atoms with Crippen molar-refractivity contribution in [1.82, 2.24) is 14.8 Å². The summed E-state index contributed by atoms with van der Waals surface area (Å²) in [5, 5.41) is 10.6. The summed E-state index contributed by atoms with van der Waals surface area (Å²) in [6.07, 6.45) is 7.43. The number of nitrogens with zero attached hydrogens (tertiary/aromatic N) is 3. The molecule has 3 rings (SSSR count). The minimum absolute atomic E-state index is 0.197. The highest BCUT2D eigenvalue weighted by molar-refractivity contribution is 5.85. The molecule has 0 spiro atoms. The Balaban J connectivity index is 1.54. The maximum absolute atomic E-state index is 11.5. The standard InChI is InChI=1S/C26H39N3O3/c1-5-6-9-20-18-21-10-7-13-27-24(21)23(19-20)32-22-11-16-28(17-12-22)14-8-15-29(25(30)31)26(2,3)4/h7,10,13,18-19,22H,5-6,8-9,11-12,14-17H2,1-4H3,(H,30,31). The number of benzene rings is 1. The Hall–Kier alpha value is -2.34. The average molecular weight is 442 g/mol. The summed E-state index contributed by atoms with van der Waals surface area (Å²) in [6, 6.07) is 8.53. The van der Waals surface area contributed by atoms with Gasteiger partial charge in [0.15, 0.2) is 0 Å². The maximum Gasteiger partial charge on any atom is 0.407 e. The second kappa shape index (κ2) is 11.0. The fourth-order valence-corrected chi connectivity index (χ4v) is 4.43. The van der Waals surface area contributed by atoms with Crippen LogP contribution in [0.4, 0.5) is 4.79 Å². The molecular formula is C26H39N3O3. The number of ether oxygens (including phenoxy) is 1. The van der Waals surface area contributed by atoms with Gasteiger partial charge >= 0.3 is 6.09 Å². The average Bonchev–Trinajstić information content (AvgIpc) is 2.75. The molecule has 1 N–H and O–H groups in total. The van der Waals surface area contributed by atoms with Gasteiger partial charge in [-0.3, -0.25) is 4.98 Å². The van der Waals surface area contributed by atoms with E-state index in [4.69, 9.17) is 4.74 Å². The normalized spacial score (nSPS) is 15.8. The van der Waals surface area contributed by atoms with Gasteiger partial charge in [0.1, 0.15) is 17.4 Å². The van der Waals surface area contributed by atoms with E-state index in [1.54, 1.807) is 0 Å². The van der Waals surface area contributed by atoms with Crippen LogP contribution in [0.15, 0.2) is 30.5 Å². The molecule has 1 aromatic heterocycles. The minimum Gasteiger partial charge on any atom is -0.488 e. The minimum atomic E-state index is -0.841. The van der Waals surface area contributed by atoms with Gasteiger partial charge in [-0.2, -0.15) is 0 Å². The monoisotopic (exact) mass is 441 g/mol. The van der Waals surface area contributed by atoms with Crippen molar-refractivity contribution in [2.45, 2.75) is 77.9 Å². The Bertz CT molecular complexity index is 886. The highest BCUT2D eigenvalue weighted by Gasteiger charge is 2.26. The topological polar surface area (TPSA) is 65.9 Å². The third-order valence-corrected chi connectivity index (χ3v) is 6.27. The van der Waals surface area contributed by atoms with E-state index >= 15 is 0 Å². The number of fused-ring (bicyclic) bond motifs is 1. The molecule has 2 heterocycles. The first kappa shape index (κ1) is 24.3. The summed E-state index contributed by atoms with van der Waals surface area (Å²) in [6.45, 7) is 11.5. The zero-order valence-electron chi connectivity index (χ0n) is 20.1. The molecule has 176 valence electrons. The van der Waals surface area contributed by atoms with Gasteiger partial charge in [0.05, 0.1) is 0 Å². The van der Waals surface area contributed by atoms with E-state index in [0.717, 1.165) is 62.0 Å². The van der Waals surface area contributed by atoms with Crippen LogP contribution in [-0.2, 0) is 6.42 Å². The lowest BCUT2D eigenvalue weighted by molar-refractivity contribution is 0.0846. The molecule has 1 aliphatic rings. The number of amides is 1. The lowest BCUT2D eigenvalue weighted by Crippen LogP contribution is -2.46. The molecule has 0 aliphatic carbocycles. The van der Waals surface area contributed by atoms with Gasteiger partial charge in [0.2, 0.25) is 0 Å². The predicted molar refractivity (Wildman–Crippen MR) is 130 cm³/mol. The van der Waals surface area contributed by atoms with Gasteiger partial charge in [-0.05, 0) is 83.2 Å². The molecule has 0 bridgehead atoms. The summed E-state index contributed by atoms with van der Waals surface area (Å²) in [7, 11) is 0. The zero-order valence-corrected chi connectivity index (χ0v) is 20.1. The van der Waals surface area contributed by atoms with Crippen molar-refractivity contribution in [2.75, 3.05) is 26.2 Å². The van der Waals surface area contributed by atoms with Crippen LogP contribution in [-0.4, -0.2) is 63.8 Å². The molecule has 6 heteroatoms. The predicted octanol–water partition coefficient (Wildman–Crippen LogP) is 5.59. The molecule has 0 atom stereocenters.